The van der Waals surface area contributed by atoms with Gasteiger partial charge in [0.25, 0.3) is 0 Å². The van der Waals surface area contributed by atoms with Crippen LogP contribution in [-0.4, -0.2) is 32.8 Å². The van der Waals surface area contributed by atoms with Crippen molar-refractivity contribution >= 4 is 10.0 Å². The molecular weight excluding hydrogens is 297 g/mol. The predicted octanol–water partition coefficient (Wildman–Crippen LogP) is 1.33. The number of aliphatic hydroxyl groups excluding tert-OH is 1. The van der Waals surface area contributed by atoms with Gasteiger partial charge in [-0.25, -0.2) is 17.5 Å². The Hall–Kier alpha value is -1.02. The molecule has 1 aliphatic rings. The van der Waals surface area contributed by atoms with Gasteiger partial charge in [-0.3, -0.25) is 0 Å². The highest BCUT2D eigenvalue weighted by Crippen LogP contribution is 2.23. The largest absolute Gasteiger partial charge is 0.392 e. The molecule has 1 aliphatic heterocycles. The summed E-state index contributed by atoms with van der Waals surface area (Å²) in [5.74, 6) is -0.523. The first-order valence-corrected chi connectivity index (χ1v) is 8.33. The summed E-state index contributed by atoms with van der Waals surface area (Å²) in [6.45, 7) is 3.93. The molecule has 2 unspecified atom stereocenters. The topological polar surface area (TPSA) is 75.6 Å². The highest BCUT2D eigenvalue weighted by molar-refractivity contribution is 7.89. The van der Waals surface area contributed by atoms with Crippen molar-refractivity contribution in [3.63, 3.8) is 0 Å². The molecule has 1 aromatic rings. The van der Waals surface area contributed by atoms with Crippen LogP contribution in [-0.2, 0) is 21.4 Å². The SMILES string of the molecule is Cc1c(F)cc(CO)cc1S(=O)(=O)NC(C)C1CCOC1. The van der Waals surface area contributed by atoms with Gasteiger partial charge < -0.3 is 9.84 Å². The number of hydrogen-bond acceptors (Lipinski definition) is 4. The highest BCUT2D eigenvalue weighted by Gasteiger charge is 2.28. The number of hydrogen-bond donors (Lipinski definition) is 2. The number of ether oxygens (including phenoxy) is 1. The molecule has 0 amide bonds. The van der Waals surface area contributed by atoms with Crippen LogP contribution < -0.4 is 4.72 Å². The normalized spacial score (nSPS) is 20.7. The monoisotopic (exact) mass is 317 g/mol. The molecule has 2 N–H and O–H groups in total. The highest BCUT2D eigenvalue weighted by atomic mass is 32.2. The lowest BCUT2D eigenvalue weighted by atomic mass is 10.0. The van der Waals surface area contributed by atoms with Gasteiger partial charge in [0, 0.05) is 24.1 Å². The Morgan fingerprint density at radius 2 is 2.24 bits per heavy atom. The lowest BCUT2D eigenvalue weighted by Crippen LogP contribution is -2.38. The molecule has 5 nitrogen and oxygen atoms in total. The van der Waals surface area contributed by atoms with Gasteiger partial charge in [0.05, 0.1) is 18.1 Å². The third-order valence-corrected chi connectivity index (χ3v) is 5.53. The smallest absolute Gasteiger partial charge is 0.241 e. The molecule has 1 fully saturated rings. The van der Waals surface area contributed by atoms with E-state index in [4.69, 9.17) is 9.84 Å². The van der Waals surface area contributed by atoms with Crippen molar-refractivity contribution < 1.29 is 22.7 Å². The molecule has 0 radical (unpaired) electrons. The zero-order chi connectivity index (χ0) is 15.6. The molecule has 118 valence electrons. The first-order valence-electron chi connectivity index (χ1n) is 6.85. The molecular formula is C14H20FNO4S. The van der Waals surface area contributed by atoms with E-state index in [0.29, 0.717) is 13.2 Å². The molecule has 0 spiro atoms. The maximum atomic E-state index is 13.8. The van der Waals surface area contributed by atoms with Gasteiger partial charge in [-0.05, 0) is 38.0 Å². The molecule has 1 aromatic carbocycles. The van der Waals surface area contributed by atoms with Crippen LogP contribution in [0.4, 0.5) is 4.39 Å². The van der Waals surface area contributed by atoms with Crippen LogP contribution in [0.15, 0.2) is 17.0 Å². The number of rotatable bonds is 5. The van der Waals surface area contributed by atoms with Crippen molar-refractivity contribution in [2.45, 2.75) is 37.8 Å². The maximum Gasteiger partial charge on any atom is 0.241 e. The van der Waals surface area contributed by atoms with Crippen LogP contribution in [0.5, 0.6) is 0 Å². The fourth-order valence-electron chi connectivity index (χ4n) is 2.43. The Kier molecular flexibility index (Phi) is 4.98. The van der Waals surface area contributed by atoms with Gasteiger partial charge in [0.2, 0.25) is 10.0 Å². The zero-order valence-electron chi connectivity index (χ0n) is 12.1. The summed E-state index contributed by atoms with van der Waals surface area (Å²) in [7, 11) is -3.84. The van der Waals surface area contributed by atoms with Crippen molar-refractivity contribution in [2.24, 2.45) is 5.92 Å². The predicted molar refractivity (Wildman–Crippen MR) is 75.8 cm³/mol. The lowest BCUT2D eigenvalue weighted by Gasteiger charge is -2.20. The van der Waals surface area contributed by atoms with E-state index < -0.39 is 22.4 Å². The average Bonchev–Trinajstić information content (AvgIpc) is 2.95. The summed E-state index contributed by atoms with van der Waals surface area (Å²) in [6.07, 6.45) is 0.799. The molecule has 0 bridgehead atoms. The van der Waals surface area contributed by atoms with Crippen LogP contribution >= 0.6 is 0 Å². The standard InChI is InChI=1S/C14H20FNO4S/c1-9-13(15)5-11(7-17)6-14(9)21(18,19)16-10(2)12-3-4-20-8-12/h5-6,10,12,16-17H,3-4,7-8H2,1-2H3. The molecule has 2 atom stereocenters. The van der Waals surface area contributed by atoms with Crippen molar-refractivity contribution in [2.75, 3.05) is 13.2 Å². The fraction of sp³-hybridized carbons (Fsp3) is 0.571. The summed E-state index contributed by atoms with van der Waals surface area (Å²) in [5.41, 5.74) is 0.282. The molecule has 1 saturated heterocycles. The Bertz CT molecular complexity index is 612. The Morgan fingerprint density at radius 3 is 2.81 bits per heavy atom. The summed E-state index contributed by atoms with van der Waals surface area (Å²) in [4.78, 5) is -0.127. The van der Waals surface area contributed by atoms with Crippen LogP contribution in [0.1, 0.15) is 24.5 Å². The first-order chi connectivity index (χ1) is 9.85. The van der Waals surface area contributed by atoms with Gasteiger partial charge >= 0.3 is 0 Å². The zero-order valence-corrected chi connectivity index (χ0v) is 12.9. The molecule has 0 aromatic heterocycles. The molecule has 21 heavy (non-hydrogen) atoms. The average molecular weight is 317 g/mol. The van der Waals surface area contributed by atoms with E-state index in [1.807, 2.05) is 0 Å². The van der Waals surface area contributed by atoms with Crippen LogP contribution in [0.2, 0.25) is 0 Å². The van der Waals surface area contributed by atoms with Crippen molar-refractivity contribution in [1.82, 2.24) is 4.72 Å². The van der Waals surface area contributed by atoms with Gasteiger partial charge in [-0.15, -0.1) is 0 Å². The van der Waals surface area contributed by atoms with E-state index in [1.54, 1.807) is 6.92 Å². The lowest BCUT2D eigenvalue weighted by molar-refractivity contribution is 0.180. The van der Waals surface area contributed by atoms with E-state index in [0.717, 1.165) is 12.5 Å². The van der Waals surface area contributed by atoms with E-state index in [2.05, 4.69) is 4.72 Å². The Balaban J connectivity index is 2.28. The number of benzene rings is 1. The number of nitrogens with one attached hydrogen (secondary N) is 1. The maximum absolute atomic E-state index is 13.8. The van der Waals surface area contributed by atoms with E-state index in [1.165, 1.54) is 13.0 Å². The van der Waals surface area contributed by atoms with E-state index in [9.17, 15) is 12.8 Å². The van der Waals surface area contributed by atoms with Crippen molar-refractivity contribution in [3.05, 3.63) is 29.1 Å². The van der Waals surface area contributed by atoms with E-state index >= 15 is 0 Å². The van der Waals surface area contributed by atoms with Crippen molar-refractivity contribution in [1.29, 1.82) is 0 Å². The fourth-order valence-corrected chi connectivity index (χ4v) is 4.04. The summed E-state index contributed by atoms with van der Waals surface area (Å²) >= 11 is 0. The minimum atomic E-state index is -3.84. The van der Waals surface area contributed by atoms with Crippen LogP contribution in [0.25, 0.3) is 0 Å². The van der Waals surface area contributed by atoms with Gasteiger partial charge in [0.15, 0.2) is 0 Å². The van der Waals surface area contributed by atoms with E-state index in [-0.39, 0.29) is 28.0 Å². The van der Waals surface area contributed by atoms with Gasteiger partial charge in [-0.2, -0.15) is 0 Å². The minimum Gasteiger partial charge on any atom is -0.392 e. The van der Waals surface area contributed by atoms with Crippen molar-refractivity contribution in [3.8, 4) is 0 Å². The number of aliphatic hydroxyl groups is 1. The number of sulfonamides is 1. The van der Waals surface area contributed by atoms with Crippen LogP contribution in [0.3, 0.4) is 0 Å². The first kappa shape index (κ1) is 16.4. The quantitative estimate of drug-likeness (QED) is 0.859. The van der Waals surface area contributed by atoms with Gasteiger partial charge in [-0.1, -0.05) is 0 Å². The second-order valence-electron chi connectivity index (χ2n) is 5.39. The summed E-state index contributed by atoms with van der Waals surface area (Å²) in [5, 5.41) is 9.10. The second kappa shape index (κ2) is 6.39. The van der Waals surface area contributed by atoms with Gasteiger partial charge in [0.1, 0.15) is 5.82 Å². The second-order valence-corrected chi connectivity index (χ2v) is 7.07. The minimum absolute atomic E-state index is 0.0505. The molecule has 1 heterocycles. The molecule has 0 saturated carbocycles. The molecule has 7 heteroatoms. The third-order valence-electron chi connectivity index (χ3n) is 3.84. The Morgan fingerprint density at radius 1 is 1.52 bits per heavy atom. The third kappa shape index (κ3) is 3.60. The summed E-state index contributed by atoms with van der Waals surface area (Å²) < 4.78 is 46.5. The van der Waals surface area contributed by atoms with Crippen LogP contribution in [0, 0.1) is 18.7 Å². The molecule has 2 rings (SSSR count). The Labute approximate surface area is 124 Å². The molecule has 0 aliphatic carbocycles. The summed E-state index contributed by atoms with van der Waals surface area (Å²) in [6, 6.07) is 2.15. The number of halogens is 1.